The fourth-order valence-electron chi connectivity index (χ4n) is 3.09. The van der Waals surface area contributed by atoms with E-state index in [0.29, 0.717) is 12.3 Å². The number of aliphatic imine (C=N–C) groups is 1. The maximum atomic E-state index is 11.6. The predicted octanol–water partition coefficient (Wildman–Crippen LogP) is 3.28. The van der Waals surface area contributed by atoms with Gasteiger partial charge in [-0.05, 0) is 37.3 Å². The molecule has 1 heterocycles. The lowest BCUT2D eigenvalue weighted by atomic mass is 10.1. The Morgan fingerprint density at radius 2 is 1.92 bits per heavy atom. The Bertz CT molecular complexity index is 574. The number of carbonyl (C=O) groups excluding carboxylic acids is 1. The van der Waals surface area contributed by atoms with Crippen LogP contribution in [0.2, 0.25) is 0 Å². The second-order valence-corrected chi connectivity index (χ2v) is 6.60. The summed E-state index contributed by atoms with van der Waals surface area (Å²) in [6.07, 6.45) is 3.70. The molecule has 1 aromatic rings. The minimum absolute atomic E-state index is 0. The molecule has 6 heteroatoms. The van der Waals surface area contributed by atoms with E-state index >= 15 is 0 Å². The van der Waals surface area contributed by atoms with Crippen molar-refractivity contribution in [3.63, 3.8) is 0 Å². The molecule has 0 bridgehead atoms. The van der Waals surface area contributed by atoms with E-state index in [1.165, 1.54) is 11.1 Å². The molecule has 1 aromatic carbocycles. The van der Waals surface area contributed by atoms with E-state index in [0.717, 1.165) is 57.9 Å². The van der Waals surface area contributed by atoms with E-state index in [1.54, 1.807) is 0 Å². The van der Waals surface area contributed by atoms with Gasteiger partial charge in [0.1, 0.15) is 0 Å². The highest BCUT2D eigenvalue weighted by molar-refractivity contribution is 14.0. The molecule has 1 amide bonds. The molecule has 5 nitrogen and oxygen atoms in total. The highest BCUT2D eigenvalue weighted by Crippen LogP contribution is 2.10. The Kier molecular flexibility index (Phi) is 10.6. The van der Waals surface area contributed by atoms with Crippen molar-refractivity contribution in [3.05, 3.63) is 35.4 Å². The van der Waals surface area contributed by atoms with E-state index in [2.05, 4.69) is 55.4 Å². The number of amides is 1. The van der Waals surface area contributed by atoms with E-state index < -0.39 is 0 Å². The topological polar surface area (TPSA) is 47.9 Å². The van der Waals surface area contributed by atoms with Gasteiger partial charge in [0.25, 0.3) is 0 Å². The number of hydrogen-bond donors (Lipinski definition) is 1. The van der Waals surface area contributed by atoms with E-state index in [-0.39, 0.29) is 24.0 Å². The smallest absolute Gasteiger partial charge is 0.222 e. The van der Waals surface area contributed by atoms with Crippen molar-refractivity contribution in [2.24, 2.45) is 4.99 Å². The maximum absolute atomic E-state index is 11.6. The van der Waals surface area contributed by atoms with Gasteiger partial charge >= 0.3 is 0 Å². The first-order valence-electron chi connectivity index (χ1n) is 9.49. The fourth-order valence-corrected chi connectivity index (χ4v) is 3.09. The quantitative estimate of drug-likeness (QED) is 0.274. The van der Waals surface area contributed by atoms with Gasteiger partial charge in [-0.2, -0.15) is 0 Å². The van der Waals surface area contributed by atoms with Crippen LogP contribution in [0, 0.1) is 0 Å². The van der Waals surface area contributed by atoms with Crippen molar-refractivity contribution in [2.45, 2.75) is 46.1 Å². The zero-order valence-electron chi connectivity index (χ0n) is 16.3. The van der Waals surface area contributed by atoms with Crippen molar-refractivity contribution in [2.75, 3.05) is 33.2 Å². The second kappa shape index (κ2) is 12.1. The molecule has 0 spiro atoms. The Labute approximate surface area is 175 Å². The lowest BCUT2D eigenvalue weighted by Gasteiger charge is -2.22. The van der Waals surface area contributed by atoms with E-state index in [1.807, 2.05) is 4.90 Å². The molecular weight excluding hydrogens is 439 g/mol. The minimum Gasteiger partial charge on any atom is -0.357 e. The molecule has 0 unspecified atom stereocenters. The summed E-state index contributed by atoms with van der Waals surface area (Å²) in [6, 6.07) is 8.77. The number of benzene rings is 1. The number of nitrogens with zero attached hydrogens (tertiary/aromatic N) is 3. The van der Waals surface area contributed by atoms with Crippen LogP contribution >= 0.6 is 24.0 Å². The highest BCUT2D eigenvalue weighted by Gasteiger charge is 2.18. The number of halogens is 1. The summed E-state index contributed by atoms with van der Waals surface area (Å²) in [7, 11) is 2.07. The van der Waals surface area contributed by atoms with E-state index in [9.17, 15) is 4.79 Å². The summed E-state index contributed by atoms with van der Waals surface area (Å²) in [5, 5.41) is 3.36. The molecule has 0 atom stereocenters. The fraction of sp³-hybridized carbons (Fsp3) is 0.600. The van der Waals surface area contributed by atoms with Crippen LogP contribution in [-0.4, -0.2) is 54.9 Å². The summed E-state index contributed by atoms with van der Waals surface area (Å²) >= 11 is 0. The summed E-state index contributed by atoms with van der Waals surface area (Å²) in [5.74, 6) is 1.22. The third kappa shape index (κ3) is 7.13. The number of likely N-dealkylation sites (tertiary alicyclic amines) is 1. The number of carbonyl (C=O) groups is 1. The van der Waals surface area contributed by atoms with Crippen molar-refractivity contribution < 1.29 is 4.79 Å². The minimum atomic E-state index is 0. The SMILES string of the molecule is CCNC(=NCCCN1CCCC1=O)N(C)Cc1ccc(CC)cc1.I. The molecule has 1 saturated heterocycles. The Morgan fingerprint density at radius 3 is 2.50 bits per heavy atom. The van der Waals surface area contributed by atoms with Gasteiger partial charge in [-0.1, -0.05) is 31.2 Å². The van der Waals surface area contributed by atoms with Crippen LogP contribution in [0.5, 0.6) is 0 Å². The Morgan fingerprint density at radius 1 is 1.23 bits per heavy atom. The van der Waals surface area contributed by atoms with Crippen LogP contribution in [0.25, 0.3) is 0 Å². The molecule has 1 aliphatic rings. The van der Waals surface area contributed by atoms with Crippen LogP contribution in [0.1, 0.15) is 44.2 Å². The van der Waals surface area contributed by atoms with Crippen molar-refractivity contribution >= 4 is 35.8 Å². The summed E-state index contributed by atoms with van der Waals surface area (Å²) in [6.45, 7) is 8.42. The molecule has 0 aliphatic carbocycles. The first-order valence-corrected chi connectivity index (χ1v) is 9.49. The van der Waals surface area contributed by atoms with Crippen molar-refractivity contribution in [1.82, 2.24) is 15.1 Å². The van der Waals surface area contributed by atoms with Gasteiger partial charge < -0.3 is 15.1 Å². The van der Waals surface area contributed by atoms with Gasteiger partial charge in [0.2, 0.25) is 5.91 Å². The Balaban J connectivity index is 0.00000338. The van der Waals surface area contributed by atoms with Gasteiger partial charge in [-0.25, -0.2) is 0 Å². The average Bonchev–Trinajstić information content (AvgIpc) is 3.03. The van der Waals surface area contributed by atoms with Gasteiger partial charge in [0.15, 0.2) is 5.96 Å². The van der Waals surface area contributed by atoms with Crippen molar-refractivity contribution in [1.29, 1.82) is 0 Å². The molecule has 2 rings (SSSR count). The molecular formula is C20H33IN4O. The van der Waals surface area contributed by atoms with Crippen LogP contribution < -0.4 is 5.32 Å². The largest absolute Gasteiger partial charge is 0.357 e. The molecule has 26 heavy (non-hydrogen) atoms. The van der Waals surface area contributed by atoms with Gasteiger partial charge in [-0.3, -0.25) is 9.79 Å². The Hall–Kier alpha value is -1.31. The summed E-state index contributed by atoms with van der Waals surface area (Å²) in [5.41, 5.74) is 2.65. The van der Waals surface area contributed by atoms with Crippen LogP contribution in [0.3, 0.4) is 0 Å². The first-order chi connectivity index (χ1) is 12.1. The van der Waals surface area contributed by atoms with Crippen LogP contribution in [0.4, 0.5) is 0 Å². The lowest BCUT2D eigenvalue weighted by molar-refractivity contribution is -0.127. The van der Waals surface area contributed by atoms with Gasteiger partial charge in [0, 0.05) is 46.2 Å². The third-order valence-electron chi connectivity index (χ3n) is 4.57. The normalized spacial score (nSPS) is 14.3. The maximum Gasteiger partial charge on any atom is 0.222 e. The number of guanidine groups is 1. The molecule has 0 radical (unpaired) electrons. The molecule has 1 N–H and O–H groups in total. The number of rotatable bonds is 8. The number of hydrogen-bond acceptors (Lipinski definition) is 2. The number of aryl methyl sites for hydroxylation is 1. The molecule has 0 aromatic heterocycles. The lowest BCUT2D eigenvalue weighted by Crippen LogP contribution is -2.38. The predicted molar refractivity (Wildman–Crippen MR) is 119 cm³/mol. The average molecular weight is 472 g/mol. The second-order valence-electron chi connectivity index (χ2n) is 6.60. The molecule has 146 valence electrons. The standard InChI is InChI=1S/C20H32N4O.HI/c1-4-17-9-11-18(12-10-17)16-23(3)20(21-5-2)22-13-7-15-24-14-6-8-19(24)25;/h9-12H,4-8,13-16H2,1-3H3,(H,21,22);1H. The third-order valence-corrected chi connectivity index (χ3v) is 4.57. The van der Waals surface area contributed by atoms with Crippen LogP contribution in [-0.2, 0) is 17.8 Å². The highest BCUT2D eigenvalue weighted by atomic mass is 127. The van der Waals surface area contributed by atoms with Crippen molar-refractivity contribution in [3.8, 4) is 0 Å². The number of nitrogens with one attached hydrogen (secondary N) is 1. The first kappa shape index (κ1) is 22.7. The van der Waals surface area contributed by atoms with Gasteiger partial charge in [-0.15, -0.1) is 24.0 Å². The van der Waals surface area contributed by atoms with E-state index in [4.69, 9.17) is 4.99 Å². The monoisotopic (exact) mass is 472 g/mol. The summed E-state index contributed by atoms with van der Waals surface area (Å²) in [4.78, 5) is 20.5. The molecule has 1 aliphatic heterocycles. The molecule has 0 saturated carbocycles. The van der Waals surface area contributed by atoms with Crippen LogP contribution in [0.15, 0.2) is 29.3 Å². The molecule has 1 fully saturated rings. The zero-order chi connectivity index (χ0) is 18.1. The summed E-state index contributed by atoms with van der Waals surface area (Å²) < 4.78 is 0. The zero-order valence-corrected chi connectivity index (χ0v) is 18.7. The van der Waals surface area contributed by atoms with Gasteiger partial charge in [0.05, 0.1) is 0 Å².